The molecule has 0 radical (unpaired) electrons. The van der Waals surface area contributed by atoms with Gasteiger partial charge in [-0.15, -0.1) is 0 Å². The van der Waals surface area contributed by atoms with Crippen LogP contribution in [0, 0.1) is 31.6 Å². The van der Waals surface area contributed by atoms with Crippen LogP contribution < -0.4 is 4.83 Å². The second-order valence-corrected chi connectivity index (χ2v) is 7.96. The summed E-state index contributed by atoms with van der Waals surface area (Å²) >= 11 is 0. The smallest absolute Gasteiger partial charge is 0.200 e. The molecule has 1 aliphatic carbocycles. The molecular weight excluding hydrogens is 332 g/mol. The summed E-state index contributed by atoms with van der Waals surface area (Å²) in [6.07, 6.45) is 3.84. The Morgan fingerprint density at radius 2 is 1.76 bits per heavy atom. The molecule has 0 bridgehead atoms. The molecule has 0 spiro atoms. The van der Waals surface area contributed by atoms with Gasteiger partial charge in [0.05, 0.1) is 11.1 Å². The number of hydrazone groups is 1. The molecule has 0 atom stereocenters. The third-order valence-corrected chi connectivity index (χ3v) is 5.14. The van der Waals surface area contributed by atoms with Gasteiger partial charge in [0.2, 0.25) is 0 Å². The lowest BCUT2D eigenvalue weighted by atomic mass is 10.1. The number of aryl methyl sites for hydroxylation is 2. The van der Waals surface area contributed by atoms with Crippen molar-refractivity contribution in [2.24, 2.45) is 11.0 Å². The number of nitrogens with zero attached hydrogens (tertiary/aromatic N) is 1. The summed E-state index contributed by atoms with van der Waals surface area (Å²) < 4.78 is 24.5. The summed E-state index contributed by atoms with van der Waals surface area (Å²) in [4.78, 5) is 2.45. The first-order chi connectivity index (χ1) is 11.9. The Morgan fingerprint density at radius 1 is 1.08 bits per heavy atom. The van der Waals surface area contributed by atoms with Gasteiger partial charge in [-0.1, -0.05) is 41.2 Å². The van der Waals surface area contributed by atoms with E-state index in [1.165, 1.54) is 19.1 Å². The molecule has 5 heteroatoms. The van der Waals surface area contributed by atoms with Gasteiger partial charge in [-0.2, -0.15) is 13.5 Å². The van der Waals surface area contributed by atoms with Crippen LogP contribution in [0.25, 0.3) is 0 Å². The lowest BCUT2D eigenvalue weighted by Crippen LogP contribution is -2.18. The van der Waals surface area contributed by atoms with E-state index in [1.807, 2.05) is 32.0 Å². The van der Waals surface area contributed by atoms with Crippen molar-refractivity contribution < 1.29 is 8.42 Å². The summed E-state index contributed by atoms with van der Waals surface area (Å²) in [7, 11) is -3.67. The van der Waals surface area contributed by atoms with Gasteiger partial charge < -0.3 is 0 Å². The second-order valence-electron chi connectivity index (χ2n) is 6.30. The van der Waals surface area contributed by atoms with Crippen LogP contribution in [-0.2, 0) is 10.0 Å². The predicted octanol–water partition coefficient (Wildman–Crippen LogP) is 3.38. The van der Waals surface area contributed by atoms with E-state index in [2.05, 4.69) is 21.8 Å². The number of sulfonamides is 1. The van der Waals surface area contributed by atoms with E-state index in [4.69, 9.17) is 0 Å². The minimum absolute atomic E-state index is 0.188. The molecule has 1 aliphatic rings. The molecule has 4 nitrogen and oxygen atoms in total. The van der Waals surface area contributed by atoms with Crippen LogP contribution in [0.3, 0.4) is 0 Å². The topological polar surface area (TPSA) is 58.5 Å². The zero-order valence-corrected chi connectivity index (χ0v) is 15.1. The summed E-state index contributed by atoms with van der Waals surface area (Å²) in [6.45, 7) is 3.88. The molecule has 0 unspecified atom stereocenters. The van der Waals surface area contributed by atoms with E-state index in [-0.39, 0.29) is 4.90 Å². The Kier molecular flexibility index (Phi) is 4.91. The first-order valence-corrected chi connectivity index (χ1v) is 9.66. The number of hydrogen-bond acceptors (Lipinski definition) is 3. The van der Waals surface area contributed by atoms with Gasteiger partial charge in [-0.05, 0) is 51.0 Å². The minimum Gasteiger partial charge on any atom is -0.200 e. The fourth-order valence-corrected chi connectivity index (χ4v) is 3.04. The fourth-order valence-electron chi connectivity index (χ4n) is 2.25. The summed E-state index contributed by atoms with van der Waals surface area (Å²) in [5.41, 5.74) is 3.73. The molecule has 1 fully saturated rings. The van der Waals surface area contributed by atoms with Crippen LogP contribution in [0.5, 0.6) is 0 Å². The van der Waals surface area contributed by atoms with Crippen molar-refractivity contribution in [3.8, 4) is 11.8 Å². The van der Waals surface area contributed by atoms with Crippen LogP contribution >= 0.6 is 0 Å². The molecule has 0 aliphatic heterocycles. The first-order valence-electron chi connectivity index (χ1n) is 8.18. The maximum atomic E-state index is 12.3. The van der Waals surface area contributed by atoms with E-state index < -0.39 is 10.0 Å². The van der Waals surface area contributed by atoms with Crippen molar-refractivity contribution in [1.82, 2.24) is 4.83 Å². The Balaban J connectivity index is 1.78. The standard InChI is InChI=1S/C20H20N2O2S/c1-15-4-11-20(12-5-15)25(23,24)22-21-14-19-13-16(2)3-9-18(19)10-8-17-6-7-17/h3-5,9,11-14,17,22H,6-7H2,1-2H3/b21-14+. The molecule has 3 rings (SSSR count). The molecule has 0 saturated heterocycles. The lowest BCUT2D eigenvalue weighted by molar-refractivity contribution is 0.584. The van der Waals surface area contributed by atoms with Gasteiger partial charge in [0, 0.05) is 17.0 Å². The van der Waals surface area contributed by atoms with Gasteiger partial charge in [-0.3, -0.25) is 0 Å². The van der Waals surface area contributed by atoms with Crippen molar-refractivity contribution in [3.63, 3.8) is 0 Å². The molecule has 1 saturated carbocycles. The minimum atomic E-state index is -3.67. The second kappa shape index (κ2) is 7.12. The zero-order valence-electron chi connectivity index (χ0n) is 14.3. The highest BCUT2D eigenvalue weighted by atomic mass is 32.2. The highest BCUT2D eigenvalue weighted by molar-refractivity contribution is 7.89. The molecule has 2 aromatic carbocycles. The molecule has 0 aromatic heterocycles. The average molecular weight is 352 g/mol. The Morgan fingerprint density at radius 3 is 2.44 bits per heavy atom. The molecule has 0 amide bonds. The summed E-state index contributed by atoms with van der Waals surface area (Å²) in [5, 5.41) is 3.93. The Bertz CT molecular complexity index is 961. The van der Waals surface area contributed by atoms with Crippen LogP contribution in [0.15, 0.2) is 52.5 Å². The van der Waals surface area contributed by atoms with Crippen LogP contribution in [0.2, 0.25) is 0 Å². The SMILES string of the molecule is Cc1ccc(S(=O)(=O)N/N=C/c2cc(C)ccc2C#CC2CC2)cc1. The highest BCUT2D eigenvalue weighted by Crippen LogP contribution is 2.27. The molecule has 1 N–H and O–H groups in total. The number of benzene rings is 2. The normalized spacial score (nSPS) is 14.2. The third-order valence-electron chi connectivity index (χ3n) is 3.90. The number of rotatable bonds is 4. The average Bonchev–Trinajstić information content (AvgIpc) is 3.39. The van der Waals surface area contributed by atoms with Crippen molar-refractivity contribution in [1.29, 1.82) is 0 Å². The largest absolute Gasteiger partial charge is 0.276 e. The van der Waals surface area contributed by atoms with Crippen molar-refractivity contribution in [2.75, 3.05) is 0 Å². The monoisotopic (exact) mass is 352 g/mol. The van der Waals surface area contributed by atoms with E-state index >= 15 is 0 Å². The quantitative estimate of drug-likeness (QED) is 0.521. The maximum Gasteiger partial charge on any atom is 0.276 e. The first kappa shape index (κ1) is 17.2. The predicted molar refractivity (Wildman–Crippen MR) is 99.9 cm³/mol. The van der Waals surface area contributed by atoms with E-state index in [9.17, 15) is 8.42 Å². The summed E-state index contributed by atoms with van der Waals surface area (Å²) in [6, 6.07) is 12.5. The number of nitrogens with one attached hydrogen (secondary N) is 1. The molecule has 25 heavy (non-hydrogen) atoms. The van der Waals surface area contributed by atoms with Gasteiger partial charge in [0.15, 0.2) is 0 Å². The fraction of sp³-hybridized carbons (Fsp3) is 0.250. The Hall–Kier alpha value is -2.58. The van der Waals surface area contributed by atoms with Gasteiger partial charge >= 0.3 is 0 Å². The number of hydrogen-bond donors (Lipinski definition) is 1. The van der Waals surface area contributed by atoms with Gasteiger partial charge in [0.1, 0.15) is 0 Å². The van der Waals surface area contributed by atoms with Gasteiger partial charge in [0.25, 0.3) is 10.0 Å². The molecule has 0 heterocycles. The zero-order chi connectivity index (χ0) is 17.9. The highest BCUT2D eigenvalue weighted by Gasteiger charge is 2.17. The third kappa shape index (κ3) is 4.71. The van der Waals surface area contributed by atoms with Crippen molar-refractivity contribution in [3.05, 3.63) is 64.7 Å². The Labute approximate surface area is 149 Å². The maximum absolute atomic E-state index is 12.3. The summed E-state index contributed by atoms with van der Waals surface area (Å²) in [5.74, 6) is 6.90. The van der Waals surface area contributed by atoms with E-state index in [0.717, 1.165) is 22.3 Å². The van der Waals surface area contributed by atoms with Crippen LogP contribution in [-0.4, -0.2) is 14.6 Å². The van der Waals surface area contributed by atoms with Crippen LogP contribution in [0.4, 0.5) is 0 Å². The van der Waals surface area contributed by atoms with Crippen LogP contribution in [0.1, 0.15) is 35.1 Å². The van der Waals surface area contributed by atoms with E-state index in [0.29, 0.717) is 5.92 Å². The molecular formula is C20H20N2O2S. The van der Waals surface area contributed by atoms with Crippen molar-refractivity contribution in [2.45, 2.75) is 31.6 Å². The van der Waals surface area contributed by atoms with Gasteiger partial charge in [-0.25, -0.2) is 4.83 Å². The van der Waals surface area contributed by atoms with E-state index in [1.54, 1.807) is 24.3 Å². The molecule has 2 aromatic rings. The van der Waals surface area contributed by atoms with Crippen molar-refractivity contribution >= 4 is 16.2 Å². The lowest BCUT2D eigenvalue weighted by Gasteiger charge is -2.04. The molecule has 128 valence electrons.